The van der Waals surface area contributed by atoms with E-state index < -0.39 is 0 Å². The van der Waals surface area contributed by atoms with Crippen LogP contribution in [-0.4, -0.2) is 0 Å². The van der Waals surface area contributed by atoms with Gasteiger partial charge in [0.25, 0.3) is 0 Å². The van der Waals surface area contributed by atoms with Gasteiger partial charge < -0.3 is 9.80 Å². The van der Waals surface area contributed by atoms with Crippen LogP contribution in [0.25, 0.3) is 36.0 Å². The highest BCUT2D eigenvalue weighted by Gasteiger charge is 2.19. The molecule has 2 nitrogen and oxygen atoms in total. The van der Waals surface area contributed by atoms with Gasteiger partial charge in [-0.15, -0.1) is 0 Å². The highest BCUT2D eigenvalue weighted by molar-refractivity contribution is 5.92. The van der Waals surface area contributed by atoms with Gasteiger partial charge in [-0.2, -0.15) is 0 Å². The number of nitrogens with zero attached hydrogens (tertiary/aromatic N) is 2. The van der Waals surface area contributed by atoms with Crippen molar-refractivity contribution in [1.82, 2.24) is 0 Å². The van der Waals surface area contributed by atoms with Gasteiger partial charge in [0.05, 0.1) is 0 Å². The molecule has 0 bridgehead atoms. The Morgan fingerprint density at radius 2 is 0.637 bits per heavy atom. The van der Waals surface area contributed by atoms with Crippen LogP contribution in [0.2, 0.25) is 0 Å². The smallest absolute Gasteiger partial charge is 0.0490 e. The van der Waals surface area contributed by atoms with E-state index in [9.17, 15) is 0 Å². The first-order valence-electron chi connectivity index (χ1n) is 27.8. The molecule has 388 valence electrons. The quantitative estimate of drug-likeness (QED) is 0.0839. The van der Waals surface area contributed by atoms with Crippen LogP contribution < -0.4 is 9.80 Å². The predicted octanol–water partition coefficient (Wildman–Crippen LogP) is 21.2. The summed E-state index contributed by atoms with van der Waals surface area (Å²) in [5.74, 6) is 0.276. The van der Waals surface area contributed by atoms with Crippen LogP contribution in [0, 0.1) is 27.7 Å². The topological polar surface area (TPSA) is 6.48 Å². The number of benzene rings is 11. The molecule has 2 heteroatoms. The van der Waals surface area contributed by atoms with E-state index in [0.29, 0.717) is 0 Å². The molecular weight excluding hydrogens is 965 g/mol. The van der Waals surface area contributed by atoms with E-state index in [1.54, 1.807) is 0 Å². The molecule has 0 N–H and O–H groups in total. The van der Waals surface area contributed by atoms with Crippen LogP contribution in [0.3, 0.4) is 0 Å². The maximum atomic E-state index is 2.38. The lowest BCUT2D eigenvalue weighted by Crippen LogP contribution is -2.12. The van der Waals surface area contributed by atoms with E-state index in [4.69, 9.17) is 0 Å². The third-order valence-corrected chi connectivity index (χ3v) is 15.0. The summed E-state index contributed by atoms with van der Waals surface area (Å²) in [5.41, 5.74) is 25.1. The lowest BCUT2D eigenvalue weighted by Gasteiger charge is -2.28. The fraction of sp³-hybridized carbons (Fsp3) is 0.0769. The second-order valence-corrected chi connectivity index (χ2v) is 20.9. The van der Waals surface area contributed by atoms with Crippen molar-refractivity contribution >= 4 is 70.1 Å². The van der Waals surface area contributed by atoms with Gasteiger partial charge in [0.2, 0.25) is 0 Å². The van der Waals surface area contributed by atoms with Crippen LogP contribution in [0.15, 0.2) is 279 Å². The van der Waals surface area contributed by atoms with Crippen molar-refractivity contribution in [3.05, 3.63) is 357 Å². The maximum absolute atomic E-state index is 2.38. The molecule has 0 amide bonds. The minimum absolute atomic E-state index is 0.276. The van der Waals surface area contributed by atoms with Gasteiger partial charge >= 0.3 is 0 Å². The van der Waals surface area contributed by atoms with E-state index in [1.807, 2.05) is 0 Å². The van der Waals surface area contributed by atoms with Gasteiger partial charge in [-0.05, 0) is 173 Å². The summed E-state index contributed by atoms with van der Waals surface area (Å²) in [6.07, 6.45) is 12.0. The highest BCUT2D eigenvalue weighted by atomic mass is 15.1. The van der Waals surface area contributed by atoms with Gasteiger partial charge in [0.15, 0.2) is 0 Å². The average molecular weight is 1030 g/mol. The molecular formula is C78H66N2. The molecule has 11 rings (SSSR count). The summed E-state index contributed by atoms with van der Waals surface area (Å²) in [4.78, 5) is 4.74. The maximum Gasteiger partial charge on any atom is 0.0490 e. The Hall–Kier alpha value is -9.76. The minimum atomic E-state index is 0.276. The van der Waals surface area contributed by atoms with Crippen molar-refractivity contribution < 1.29 is 0 Å². The molecule has 0 aromatic heterocycles. The summed E-state index contributed by atoms with van der Waals surface area (Å²) in [5, 5.41) is 0. The predicted molar refractivity (Wildman–Crippen MR) is 344 cm³/mol. The van der Waals surface area contributed by atoms with E-state index in [0.717, 1.165) is 62.7 Å². The van der Waals surface area contributed by atoms with Crippen LogP contribution in [0.5, 0.6) is 0 Å². The molecule has 0 radical (unpaired) electrons. The zero-order valence-electron chi connectivity index (χ0n) is 46.1. The van der Waals surface area contributed by atoms with Crippen LogP contribution in [-0.2, 0) is 6.42 Å². The molecule has 0 spiro atoms. The van der Waals surface area contributed by atoms with Crippen molar-refractivity contribution in [2.24, 2.45) is 0 Å². The lowest BCUT2D eigenvalue weighted by atomic mass is 9.86. The minimum Gasteiger partial charge on any atom is -0.310 e. The molecule has 0 aliphatic carbocycles. The summed E-state index contributed by atoms with van der Waals surface area (Å²) in [7, 11) is 0. The number of anilines is 6. The first kappa shape index (κ1) is 52.3. The lowest BCUT2D eigenvalue weighted by molar-refractivity contribution is 0.805. The Balaban J connectivity index is 0.773. The van der Waals surface area contributed by atoms with E-state index in [-0.39, 0.29) is 5.92 Å². The van der Waals surface area contributed by atoms with Gasteiger partial charge in [-0.1, -0.05) is 254 Å². The molecule has 0 saturated heterocycles. The van der Waals surface area contributed by atoms with Crippen molar-refractivity contribution in [2.45, 2.75) is 40.0 Å². The molecule has 80 heavy (non-hydrogen) atoms. The first-order chi connectivity index (χ1) is 39.3. The van der Waals surface area contributed by atoms with Crippen molar-refractivity contribution in [3.8, 4) is 0 Å². The van der Waals surface area contributed by atoms with Crippen LogP contribution >= 0.6 is 0 Å². The Bertz CT molecular complexity index is 3800. The molecule has 0 saturated carbocycles. The monoisotopic (exact) mass is 1030 g/mol. The SMILES string of the molecule is Cc1ccc(N(c2ccc(C=C(c3ccccc3)c3ccccc3)cc2)c2ccc(/C=C/c3ccc(/C=C/c4ccc(N(c5ccc(CC(c6ccccc6)c6ccccc6)cc5)c5ccc(C)cc5C)cc4)cc3)cc2)c(C)c1. The number of aryl methyl sites for hydroxylation is 4. The summed E-state index contributed by atoms with van der Waals surface area (Å²) in [6.45, 7) is 8.72. The standard InChI is InChI=1S/C78H66N2/c1-57-25-51-77(59(3)53-57)79(73-47-39-65(40-48-73)55-75(67-17-9-5-10-18-67)68-19-11-6-12-20-68)71-43-35-63(36-44-71)33-31-61-27-29-62(30-28-61)32-34-64-37-45-72(46-38-64)80(78-52-26-58(2)54-60(78)4)74-49-41-66(42-50-74)56-76(69-21-13-7-14-22-69)70-23-15-8-16-24-70/h5-55,76H,56H2,1-4H3/b33-31+,34-32+. The van der Waals surface area contributed by atoms with Gasteiger partial charge in [-0.3, -0.25) is 0 Å². The Morgan fingerprint density at radius 3 is 0.988 bits per heavy atom. The van der Waals surface area contributed by atoms with Crippen molar-refractivity contribution in [3.63, 3.8) is 0 Å². The zero-order valence-corrected chi connectivity index (χ0v) is 46.1. The van der Waals surface area contributed by atoms with Gasteiger partial charge in [0.1, 0.15) is 0 Å². The molecule has 0 fully saturated rings. The first-order valence-corrected chi connectivity index (χ1v) is 27.8. The molecule has 0 aliphatic heterocycles. The molecule has 0 unspecified atom stereocenters. The third-order valence-electron chi connectivity index (χ3n) is 15.0. The molecule has 0 heterocycles. The summed E-state index contributed by atoms with van der Waals surface area (Å²) >= 11 is 0. The van der Waals surface area contributed by atoms with Crippen LogP contribution in [0.1, 0.15) is 83.8 Å². The van der Waals surface area contributed by atoms with Gasteiger partial charge in [0, 0.05) is 40.0 Å². The Labute approximate surface area is 474 Å². The highest BCUT2D eigenvalue weighted by Crippen LogP contribution is 2.40. The molecule has 0 atom stereocenters. The summed E-state index contributed by atoms with van der Waals surface area (Å²) in [6, 6.07) is 101. The Kier molecular flexibility index (Phi) is 16.2. The van der Waals surface area contributed by atoms with Crippen molar-refractivity contribution in [2.75, 3.05) is 9.80 Å². The molecule has 0 aliphatic rings. The van der Waals surface area contributed by atoms with E-state index in [1.165, 1.54) is 61.3 Å². The largest absolute Gasteiger partial charge is 0.310 e. The second-order valence-electron chi connectivity index (χ2n) is 20.9. The number of hydrogen-bond donors (Lipinski definition) is 0. The van der Waals surface area contributed by atoms with Gasteiger partial charge in [-0.25, -0.2) is 0 Å². The van der Waals surface area contributed by atoms with E-state index >= 15 is 0 Å². The Morgan fingerprint density at radius 1 is 0.325 bits per heavy atom. The van der Waals surface area contributed by atoms with Crippen LogP contribution in [0.4, 0.5) is 34.1 Å². The van der Waals surface area contributed by atoms with E-state index in [2.05, 4.69) is 347 Å². The fourth-order valence-corrected chi connectivity index (χ4v) is 10.8. The second kappa shape index (κ2) is 24.7. The summed E-state index contributed by atoms with van der Waals surface area (Å²) < 4.78 is 0. The fourth-order valence-electron chi connectivity index (χ4n) is 10.8. The zero-order chi connectivity index (χ0) is 54.6. The number of rotatable bonds is 17. The molecule has 11 aromatic rings. The van der Waals surface area contributed by atoms with Crippen molar-refractivity contribution in [1.29, 1.82) is 0 Å². The number of hydrogen-bond acceptors (Lipinski definition) is 2. The third kappa shape index (κ3) is 12.6. The normalized spacial score (nSPS) is 11.3. The molecule has 11 aromatic carbocycles. The average Bonchev–Trinajstić information content (AvgIpc) is 3.54.